The maximum Gasteiger partial charge on any atom is 0.251 e. The third kappa shape index (κ3) is 3.46. The number of carbonyl (C=O) groups excluding carboxylic acids is 1. The summed E-state index contributed by atoms with van der Waals surface area (Å²) >= 11 is 0. The van der Waals surface area contributed by atoms with Gasteiger partial charge in [-0.2, -0.15) is 0 Å². The van der Waals surface area contributed by atoms with E-state index in [9.17, 15) is 4.79 Å². The molecular formula is C13H20N2O2. The van der Waals surface area contributed by atoms with Crippen molar-refractivity contribution >= 4 is 5.91 Å². The van der Waals surface area contributed by atoms with Crippen LogP contribution in [0.4, 0.5) is 0 Å². The quantitative estimate of drug-likeness (QED) is 0.833. The van der Waals surface area contributed by atoms with Gasteiger partial charge in [0.2, 0.25) is 0 Å². The highest BCUT2D eigenvalue weighted by Crippen LogP contribution is 2.13. The molecule has 0 aliphatic rings. The predicted molar refractivity (Wildman–Crippen MR) is 68.2 cm³/mol. The normalized spacial score (nSPS) is 13.0. The molecule has 0 saturated heterocycles. The summed E-state index contributed by atoms with van der Waals surface area (Å²) in [5.41, 5.74) is 5.97. The Hall–Kier alpha value is -1.55. The fourth-order valence-corrected chi connectivity index (χ4v) is 1.22. The van der Waals surface area contributed by atoms with Crippen molar-refractivity contribution in [2.75, 3.05) is 7.11 Å². The highest BCUT2D eigenvalue weighted by Gasteiger charge is 2.25. The fourth-order valence-electron chi connectivity index (χ4n) is 1.22. The van der Waals surface area contributed by atoms with Gasteiger partial charge in [-0.15, -0.1) is 0 Å². The molecule has 4 heteroatoms. The zero-order valence-electron chi connectivity index (χ0n) is 10.8. The summed E-state index contributed by atoms with van der Waals surface area (Å²) in [6, 6.07) is 6.85. The van der Waals surface area contributed by atoms with Crippen molar-refractivity contribution in [3.63, 3.8) is 0 Å². The summed E-state index contributed by atoms with van der Waals surface area (Å²) in [4.78, 5) is 12.0. The van der Waals surface area contributed by atoms with E-state index in [0.29, 0.717) is 5.56 Å². The van der Waals surface area contributed by atoms with Gasteiger partial charge in [-0.05, 0) is 45.0 Å². The zero-order chi connectivity index (χ0) is 13.1. The zero-order valence-corrected chi connectivity index (χ0v) is 10.8. The Balaban J connectivity index is 2.76. The lowest BCUT2D eigenvalue weighted by atomic mass is 9.96. The average Bonchev–Trinajstić information content (AvgIpc) is 2.28. The van der Waals surface area contributed by atoms with Gasteiger partial charge < -0.3 is 15.8 Å². The lowest BCUT2D eigenvalue weighted by Gasteiger charge is -2.30. The largest absolute Gasteiger partial charge is 0.497 e. The van der Waals surface area contributed by atoms with Crippen molar-refractivity contribution in [2.45, 2.75) is 32.4 Å². The first-order valence-corrected chi connectivity index (χ1v) is 5.59. The Morgan fingerprint density at radius 1 is 1.35 bits per heavy atom. The molecule has 0 heterocycles. The third-order valence-electron chi connectivity index (χ3n) is 2.93. The molecule has 0 bridgehead atoms. The summed E-state index contributed by atoms with van der Waals surface area (Å²) < 4.78 is 5.04. The number of nitrogens with two attached hydrogens (primary N) is 1. The number of methoxy groups -OCH3 is 1. The molecule has 0 saturated carbocycles. The van der Waals surface area contributed by atoms with Crippen LogP contribution >= 0.6 is 0 Å². The van der Waals surface area contributed by atoms with Crippen LogP contribution in [0.5, 0.6) is 5.75 Å². The van der Waals surface area contributed by atoms with E-state index in [0.717, 1.165) is 5.75 Å². The molecule has 0 aliphatic heterocycles. The smallest absolute Gasteiger partial charge is 0.251 e. The molecule has 0 aromatic heterocycles. The molecule has 1 amide bonds. The van der Waals surface area contributed by atoms with Crippen LogP contribution < -0.4 is 15.8 Å². The Bertz CT molecular complexity index is 383. The first-order valence-electron chi connectivity index (χ1n) is 5.59. The third-order valence-corrected chi connectivity index (χ3v) is 2.93. The van der Waals surface area contributed by atoms with Crippen LogP contribution in [-0.4, -0.2) is 24.6 Å². The number of ether oxygens (including phenoxy) is 1. The van der Waals surface area contributed by atoms with Crippen LogP contribution in [-0.2, 0) is 0 Å². The number of hydrogen-bond acceptors (Lipinski definition) is 3. The summed E-state index contributed by atoms with van der Waals surface area (Å²) in [5.74, 6) is 0.600. The highest BCUT2D eigenvalue weighted by atomic mass is 16.5. The molecule has 0 fully saturated rings. The fraction of sp³-hybridized carbons (Fsp3) is 0.462. The van der Waals surface area contributed by atoms with Crippen LogP contribution in [0.2, 0.25) is 0 Å². The van der Waals surface area contributed by atoms with E-state index >= 15 is 0 Å². The molecule has 94 valence electrons. The molecule has 1 aromatic carbocycles. The Labute approximate surface area is 102 Å². The van der Waals surface area contributed by atoms with E-state index in [1.54, 1.807) is 31.4 Å². The summed E-state index contributed by atoms with van der Waals surface area (Å²) in [6.45, 7) is 5.67. The molecule has 17 heavy (non-hydrogen) atoms. The molecule has 1 atom stereocenters. The van der Waals surface area contributed by atoms with Gasteiger partial charge in [-0.25, -0.2) is 0 Å². The van der Waals surface area contributed by atoms with Crippen molar-refractivity contribution in [3.8, 4) is 5.75 Å². The Kier molecular flexibility index (Phi) is 4.12. The topological polar surface area (TPSA) is 64.3 Å². The van der Waals surface area contributed by atoms with E-state index in [2.05, 4.69) is 5.32 Å². The number of nitrogens with one attached hydrogen (secondary N) is 1. The van der Waals surface area contributed by atoms with Crippen molar-refractivity contribution < 1.29 is 9.53 Å². The minimum Gasteiger partial charge on any atom is -0.497 e. The summed E-state index contributed by atoms with van der Waals surface area (Å²) in [6.07, 6.45) is 0. The van der Waals surface area contributed by atoms with Gasteiger partial charge in [-0.3, -0.25) is 4.79 Å². The molecular weight excluding hydrogens is 216 g/mol. The van der Waals surface area contributed by atoms with Crippen LogP contribution in [0.3, 0.4) is 0 Å². The van der Waals surface area contributed by atoms with E-state index in [1.807, 2.05) is 20.8 Å². The number of rotatable bonds is 4. The summed E-state index contributed by atoms with van der Waals surface area (Å²) in [5, 5.41) is 2.90. The second-order valence-corrected chi connectivity index (χ2v) is 4.69. The lowest BCUT2D eigenvalue weighted by Crippen LogP contribution is -2.54. The first-order chi connectivity index (χ1) is 7.86. The van der Waals surface area contributed by atoms with Crippen LogP contribution in [0.1, 0.15) is 31.1 Å². The average molecular weight is 236 g/mol. The predicted octanol–water partition coefficient (Wildman–Crippen LogP) is 1.55. The van der Waals surface area contributed by atoms with Gasteiger partial charge in [0.05, 0.1) is 7.11 Å². The van der Waals surface area contributed by atoms with Gasteiger partial charge in [-0.1, -0.05) is 0 Å². The second kappa shape index (κ2) is 5.19. The second-order valence-electron chi connectivity index (χ2n) is 4.69. The number of carbonyl (C=O) groups is 1. The maximum absolute atomic E-state index is 12.0. The summed E-state index contributed by atoms with van der Waals surface area (Å²) in [7, 11) is 1.59. The minimum atomic E-state index is -0.434. The van der Waals surface area contributed by atoms with E-state index in [1.165, 1.54) is 0 Å². The van der Waals surface area contributed by atoms with Gasteiger partial charge >= 0.3 is 0 Å². The molecule has 0 radical (unpaired) electrons. The lowest BCUT2D eigenvalue weighted by molar-refractivity contribution is 0.0903. The standard InChI is InChI=1S/C13H20N2O2/c1-9(14)13(2,3)15-12(16)10-5-7-11(17-4)8-6-10/h5-9H,14H2,1-4H3,(H,15,16). The molecule has 4 nitrogen and oxygen atoms in total. The van der Waals surface area contributed by atoms with Gasteiger partial charge in [0.1, 0.15) is 5.75 Å². The first kappa shape index (κ1) is 13.5. The van der Waals surface area contributed by atoms with Crippen LogP contribution in [0.25, 0.3) is 0 Å². The SMILES string of the molecule is COc1ccc(C(=O)NC(C)(C)C(C)N)cc1. The van der Waals surface area contributed by atoms with Crippen molar-refractivity contribution in [1.82, 2.24) is 5.32 Å². The van der Waals surface area contributed by atoms with Crippen molar-refractivity contribution in [2.24, 2.45) is 5.73 Å². The van der Waals surface area contributed by atoms with E-state index < -0.39 is 5.54 Å². The van der Waals surface area contributed by atoms with Gasteiger partial charge in [0.25, 0.3) is 5.91 Å². The minimum absolute atomic E-state index is 0.121. The van der Waals surface area contributed by atoms with Crippen molar-refractivity contribution in [3.05, 3.63) is 29.8 Å². The number of amides is 1. The van der Waals surface area contributed by atoms with Crippen LogP contribution in [0, 0.1) is 0 Å². The molecule has 1 unspecified atom stereocenters. The van der Waals surface area contributed by atoms with Crippen molar-refractivity contribution in [1.29, 1.82) is 0 Å². The molecule has 3 N–H and O–H groups in total. The molecule has 1 aromatic rings. The molecule has 0 spiro atoms. The molecule has 0 aliphatic carbocycles. The number of benzene rings is 1. The maximum atomic E-state index is 12.0. The van der Waals surface area contributed by atoms with Gasteiger partial charge in [0, 0.05) is 17.1 Å². The molecule has 1 rings (SSSR count). The highest BCUT2D eigenvalue weighted by molar-refractivity contribution is 5.94. The Morgan fingerprint density at radius 3 is 2.29 bits per heavy atom. The Morgan fingerprint density at radius 2 is 1.88 bits per heavy atom. The number of hydrogen-bond donors (Lipinski definition) is 2. The van der Waals surface area contributed by atoms with E-state index in [-0.39, 0.29) is 11.9 Å². The van der Waals surface area contributed by atoms with E-state index in [4.69, 9.17) is 10.5 Å². The van der Waals surface area contributed by atoms with Gasteiger partial charge in [0.15, 0.2) is 0 Å². The van der Waals surface area contributed by atoms with Crippen LogP contribution in [0.15, 0.2) is 24.3 Å². The monoisotopic (exact) mass is 236 g/mol.